The molecule has 0 amide bonds. The Kier molecular flexibility index (Phi) is 2.36. The van der Waals surface area contributed by atoms with E-state index in [-0.39, 0.29) is 0 Å². The molecule has 0 radical (unpaired) electrons. The maximum Gasteiger partial charge on any atom is 0.199 e. The Bertz CT molecular complexity index is 506. The van der Waals surface area contributed by atoms with E-state index in [4.69, 9.17) is 5.73 Å². The van der Waals surface area contributed by atoms with Crippen LogP contribution in [0.2, 0.25) is 0 Å². The predicted octanol–water partition coefficient (Wildman–Crippen LogP) is 2.39. The standard InChI is InChI=1S/C12H13N3S/c13-12-14-11(15-16-12)10-6-5-8-3-1-2-4-9(8)7-10/h1-4,10H,5-7H2,(H2,13,14,15). The number of rotatable bonds is 1. The molecule has 2 aromatic rings. The third-order valence-corrected chi connectivity index (χ3v) is 3.73. The summed E-state index contributed by atoms with van der Waals surface area (Å²) in [5.74, 6) is 1.38. The summed E-state index contributed by atoms with van der Waals surface area (Å²) < 4.78 is 4.32. The van der Waals surface area contributed by atoms with Gasteiger partial charge in [-0.05, 0) is 30.4 Å². The van der Waals surface area contributed by atoms with Crippen molar-refractivity contribution in [3.63, 3.8) is 0 Å². The van der Waals surface area contributed by atoms with Gasteiger partial charge in [-0.1, -0.05) is 24.3 Å². The van der Waals surface area contributed by atoms with Crippen LogP contribution in [-0.2, 0) is 12.8 Å². The first-order valence-corrected chi connectivity index (χ1v) is 6.26. The van der Waals surface area contributed by atoms with Crippen LogP contribution in [0.5, 0.6) is 0 Å². The molecule has 3 nitrogen and oxygen atoms in total. The van der Waals surface area contributed by atoms with Crippen molar-refractivity contribution in [2.45, 2.75) is 25.2 Å². The number of nitrogen functional groups attached to an aromatic ring is 1. The van der Waals surface area contributed by atoms with Crippen LogP contribution in [0.4, 0.5) is 5.13 Å². The number of anilines is 1. The monoisotopic (exact) mass is 231 g/mol. The Morgan fingerprint density at radius 3 is 2.81 bits per heavy atom. The fourth-order valence-corrected chi connectivity index (χ4v) is 2.84. The van der Waals surface area contributed by atoms with Gasteiger partial charge < -0.3 is 5.73 Å². The maximum absolute atomic E-state index is 5.62. The van der Waals surface area contributed by atoms with E-state index in [1.165, 1.54) is 22.7 Å². The van der Waals surface area contributed by atoms with Gasteiger partial charge in [0.2, 0.25) is 0 Å². The summed E-state index contributed by atoms with van der Waals surface area (Å²) in [6, 6.07) is 8.63. The fraction of sp³-hybridized carbons (Fsp3) is 0.333. The molecule has 0 bridgehead atoms. The first-order valence-electron chi connectivity index (χ1n) is 5.49. The summed E-state index contributed by atoms with van der Waals surface area (Å²) in [6.07, 6.45) is 3.31. The van der Waals surface area contributed by atoms with E-state index in [0.717, 1.165) is 25.1 Å². The molecule has 0 fully saturated rings. The van der Waals surface area contributed by atoms with Crippen molar-refractivity contribution in [3.8, 4) is 0 Å². The first-order chi connectivity index (χ1) is 7.83. The molecule has 1 aliphatic carbocycles. The molecule has 82 valence electrons. The molecule has 16 heavy (non-hydrogen) atoms. The maximum atomic E-state index is 5.62. The second-order valence-electron chi connectivity index (χ2n) is 4.20. The van der Waals surface area contributed by atoms with Gasteiger partial charge in [0.15, 0.2) is 5.13 Å². The Labute approximate surface area is 98.5 Å². The summed E-state index contributed by atoms with van der Waals surface area (Å²) in [4.78, 5) is 4.29. The molecule has 4 heteroatoms. The number of nitrogens with two attached hydrogens (primary N) is 1. The van der Waals surface area contributed by atoms with Crippen LogP contribution in [0, 0.1) is 0 Å². The van der Waals surface area contributed by atoms with Crippen LogP contribution in [0.15, 0.2) is 24.3 Å². The van der Waals surface area contributed by atoms with Crippen molar-refractivity contribution in [2.24, 2.45) is 0 Å². The van der Waals surface area contributed by atoms with Crippen molar-refractivity contribution >= 4 is 16.7 Å². The molecule has 1 aromatic carbocycles. The number of hydrogen-bond acceptors (Lipinski definition) is 4. The molecule has 1 unspecified atom stereocenters. The highest BCUT2D eigenvalue weighted by molar-refractivity contribution is 7.09. The highest BCUT2D eigenvalue weighted by Gasteiger charge is 2.22. The van der Waals surface area contributed by atoms with Gasteiger partial charge in [-0.25, -0.2) is 4.98 Å². The molecule has 0 saturated heterocycles. The van der Waals surface area contributed by atoms with Crippen LogP contribution in [0.1, 0.15) is 29.3 Å². The van der Waals surface area contributed by atoms with Crippen LogP contribution >= 0.6 is 11.5 Å². The van der Waals surface area contributed by atoms with E-state index in [1.807, 2.05) is 0 Å². The second kappa shape index (κ2) is 3.87. The Balaban J connectivity index is 1.88. The van der Waals surface area contributed by atoms with Gasteiger partial charge >= 0.3 is 0 Å². The fourth-order valence-electron chi connectivity index (χ4n) is 2.33. The average molecular weight is 231 g/mol. The molecule has 1 atom stereocenters. The molecule has 0 spiro atoms. The predicted molar refractivity (Wildman–Crippen MR) is 65.5 cm³/mol. The minimum atomic E-state index is 0.448. The zero-order valence-corrected chi connectivity index (χ0v) is 9.70. The summed E-state index contributed by atoms with van der Waals surface area (Å²) in [7, 11) is 0. The molecule has 1 heterocycles. The lowest BCUT2D eigenvalue weighted by atomic mass is 9.83. The summed E-state index contributed by atoms with van der Waals surface area (Å²) in [5.41, 5.74) is 8.54. The van der Waals surface area contributed by atoms with E-state index >= 15 is 0 Å². The van der Waals surface area contributed by atoms with Crippen LogP contribution in [-0.4, -0.2) is 9.36 Å². The Morgan fingerprint density at radius 2 is 2.06 bits per heavy atom. The average Bonchev–Trinajstić information content (AvgIpc) is 2.75. The van der Waals surface area contributed by atoms with E-state index < -0.39 is 0 Å². The lowest BCUT2D eigenvalue weighted by molar-refractivity contribution is 0.562. The molecular weight excluding hydrogens is 218 g/mol. The van der Waals surface area contributed by atoms with E-state index in [9.17, 15) is 0 Å². The third-order valence-electron chi connectivity index (χ3n) is 3.17. The number of nitrogens with zero attached hydrogens (tertiary/aromatic N) is 2. The molecule has 1 aromatic heterocycles. The largest absolute Gasteiger partial charge is 0.374 e. The van der Waals surface area contributed by atoms with Crippen molar-refractivity contribution in [2.75, 3.05) is 5.73 Å². The Morgan fingerprint density at radius 1 is 1.25 bits per heavy atom. The van der Waals surface area contributed by atoms with Crippen LogP contribution < -0.4 is 5.73 Å². The summed E-state index contributed by atoms with van der Waals surface area (Å²) >= 11 is 1.30. The van der Waals surface area contributed by atoms with E-state index in [0.29, 0.717) is 11.0 Å². The zero-order chi connectivity index (χ0) is 11.0. The van der Waals surface area contributed by atoms with Crippen molar-refractivity contribution in [1.29, 1.82) is 0 Å². The van der Waals surface area contributed by atoms with Gasteiger partial charge in [0.05, 0.1) is 0 Å². The smallest absolute Gasteiger partial charge is 0.199 e. The number of aromatic nitrogens is 2. The SMILES string of the molecule is Nc1nc(C2CCc3ccccc3C2)ns1. The number of aryl methyl sites for hydroxylation is 1. The van der Waals surface area contributed by atoms with Gasteiger partial charge in [-0.15, -0.1) is 0 Å². The number of fused-ring (bicyclic) bond motifs is 1. The molecule has 2 N–H and O–H groups in total. The zero-order valence-electron chi connectivity index (χ0n) is 8.89. The topological polar surface area (TPSA) is 51.8 Å². The number of benzene rings is 1. The van der Waals surface area contributed by atoms with Gasteiger partial charge in [-0.3, -0.25) is 0 Å². The number of hydrogen-bond donors (Lipinski definition) is 1. The molecular formula is C12H13N3S. The quantitative estimate of drug-likeness (QED) is 0.820. The lowest BCUT2D eigenvalue weighted by Gasteiger charge is -2.22. The van der Waals surface area contributed by atoms with Crippen molar-refractivity contribution in [3.05, 3.63) is 41.2 Å². The van der Waals surface area contributed by atoms with Crippen LogP contribution in [0.25, 0.3) is 0 Å². The highest BCUT2D eigenvalue weighted by atomic mass is 32.1. The van der Waals surface area contributed by atoms with Gasteiger partial charge in [0.25, 0.3) is 0 Å². The third kappa shape index (κ3) is 1.69. The molecule has 1 aliphatic rings. The Hall–Kier alpha value is -1.42. The minimum absolute atomic E-state index is 0.448. The minimum Gasteiger partial charge on any atom is -0.374 e. The van der Waals surface area contributed by atoms with Crippen molar-refractivity contribution < 1.29 is 0 Å². The van der Waals surface area contributed by atoms with E-state index in [2.05, 4.69) is 33.6 Å². The molecule has 3 rings (SSSR count). The van der Waals surface area contributed by atoms with Crippen molar-refractivity contribution in [1.82, 2.24) is 9.36 Å². The normalized spacial score (nSPS) is 19.4. The molecule has 0 aliphatic heterocycles. The van der Waals surface area contributed by atoms with Gasteiger partial charge in [0.1, 0.15) is 5.82 Å². The van der Waals surface area contributed by atoms with E-state index in [1.54, 1.807) is 0 Å². The highest BCUT2D eigenvalue weighted by Crippen LogP contribution is 2.31. The van der Waals surface area contributed by atoms with Gasteiger partial charge in [0, 0.05) is 17.5 Å². The van der Waals surface area contributed by atoms with Gasteiger partial charge in [-0.2, -0.15) is 4.37 Å². The summed E-state index contributed by atoms with van der Waals surface area (Å²) in [5, 5.41) is 0.578. The second-order valence-corrected chi connectivity index (χ2v) is 4.98. The van der Waals surface area contributed by atoms with Crippen LogP contribution in [0.3, 0.4) is 0 Å². The lowest BCUT2D eigenvalue weighted by Crippen LogP contribution is -2.13. The summed E-state index contributed by atoms with van der Waals surface area (Å²) in [6.45, 7) is 0. The first kappa shape index (κ1) is 9.78. The molecule has 0 saturated carbocycles.